The molecule has 0 spiro atoms. The number of rotatable bonds is 5. The van der Waals surface area contributed by atoms with Crippen LogP contribution in [0.4, 0.5) is 5.82 Å². The molecular formula is C15H17BrN4O. The van der Waals surface area contributed by atoms with Gasteiger partial charge in [-0.15, -0.1) is 0 Å². The quantitative estimate of drug-likeness (QED) is 0.902. The fourth-order valence-corrected chi connectivity index (χ4v) is 2.33. The van der Waals surface area contributed by atoms with Crippen LogP contribution in [0.15, 0.2) is 41.1 Å². The van der Waals surface area contributed by atoms with Crippen molar-refractivity contribution in [2.45, 2.75) is 13.5 Å². The third-order valence-electron chi connectivity index (χ3n) is 2.88. The molecule has 0 fully saturated rings. The van der Waals surface area contributed by atoms with E-state index in [1.807, 2.05) is 31.2 Å². The number of carbonyl (C=O) groups excluding carboxylic acids is 1. The van der Waals surface area contributed by atoms with Gasteiger partial charge >= 0.3 is 0 Å². The molecule has 2 aromatic rings. The fourth-order valence-electron chi connectivity index (χ4n) is 1.89. The molecule has 6 heteroatoms. The molecular weight excluding hydrogens is 332 g/mol. The van der Waals surface area contributed by atoms with Crippen LogP contribution in [0.3, 0.4) is 0 Å². The second-order valence-corrected chi connectivity index (χ2v) is 5.52. The number of nitrogens with zero attached hydrogens (tertiary/aromatic N) is 3. The Morgan fingerprint density at radius 3 is 2.76 bits per heavy atom. The summed E-state index contributed by atoms with van der Waals surface area (Å²) in [5, 5.41) is 3.05. The molecule has 5 nitrogen and oxygen atoms in total. The molecule has 0 saturated carbocycles. The Morgan fingerprint density at radius 1 is 1.33 bits per heavy atom. The Hall–Kier alpha value is -1.95. The normalized spacial score (nSPS) is 10.2. The molecule has 1 heterocycles. The number of amides is 1. The van der Waals surface area contributed by atoms with E-state index in [0.29, 0.717) is 18.1 Å². The highest BCUT2D eigenvalue weighted by Crippen LogP contribution is 2.14. The maximum Gasteiger partial charge on any atom is 0.274 e. The first-order valence-corrected chi connectivity index (χ1v) is 7.45. The predicted octanol–water partition coefficient (Wildman–Crippen LogP) is 2.94. The topological polar surface area (TPSA) is 58.1 Å². The summed E-state index contributed by atoms with van der Waals surface area (Å²) in [6.45, 7) is 3.27. The molecule has 1 amide bonds. The lowest BCUT2D eigenvalue weighted by Crippen LogP contribution is -2.27. The molecule has 0 aliphatic rings. The van der Waals surface area contributed by atoms with Crippen LogP contribution < -0.4 is 5.32 Å². The number of nitrogens with one attached hydrogen (secondary N) is 1. The molecule has 0 aliphatic carbocycles. The van der Waals surface area contributed by atoms with Crippen molar-refractivity contribution in [1.82, 2.24) is 14.9 Å². The van der Waals surface area contributed by atoms with Crippen molar-refractivity contribution in [1.29, 1.82) is 0 Å². The van der Waals surface area contributed by atoms with Gasteiger partial charge in [-0.25, -0.2) is 9.97 Å². The third kappa shape index (κ3) is 4.26. The maximum absolute atomic E-state index is 12.3. The first kappa shape index (κ1) is 15.4. The molecule has 0 radical (unpaired) electrons. The highest BCUT2D eigenvalue weighted by Gasteiger charge is 2.14. The van der Waals surface area contributed by atoms with Gasteiger partial charge in [0.2, 0.25) is 0 Å². The van der Waals surface area contributed by atoms with Crippen LogP contribution in [-0.4, -0.2) is 34.4 Å². The van der Waals surface area contributed by atoms with Crippen LogP contribution >= 0.6 is 15.9 Å². The van der Waals surface area contributed by atoms with E-state index in [1.165, 1.54) is 6.20 Å². The second-order valence-electron chi connectivity index (χ2n) is 4.61. The Balaban J connectivity index is 2.04. The molecule has 110 valence electrons. The predicted molar refractivity (Wildman–Crippen MR) is 86.1 cm³/mol. The monoisotopic (exact) mass is 348 g/mol. The zero-order chi connectivity index (χ0) is 15.2. The zero-order valence-electron chi connectivity index (χ0n) is 12.0. The molecule has 1 N–H and O–H groups in total. The fraction of sp³-hybridized carbons (Fsp3) is 0.267. The molecule has 0 bridgehead atoms. The second kappa shape index (κ2) is 7.17. The minimum atomic E-state index is -0.148. The highest BCUT2D eigenvalue weighted by atomic mass is 79.9. The van der Waals surface area contributed by atoms with Crippen molar-refractivity contribution in [3.8, 4) is 0 Å². The maximum atomic E-state index is 12.3. The number of hydrogen-bond donors (Lipinski definition) is 1. The van der Waals surface area contributed by atoms with Gasteiger partial charge in [-0.05, 0) is 24.6 Å². The van der Waals surface area contributed by atoms with Crippen molar-refractivity contribution in [2.75, 3.05) is 18.9 Å². The van der Waals surface area contributed by atoms with E-state index in [2.05, 4.69) is 31.2 Å². The molecule has 0 atom stereocenters. The average Bonchev–Trinajstić information content (AvgIpc) is 2.47. The summed E-state index contributed by atoms with van der Waals surface area (Å²) in [4.78, 5) is 22.2. The van der Waals surface area contributed by atoms with Crippen LogP contribution in [0.1, 0.15) is 23.0 Å². The molecule has 1 aromatic carbocycles. The van der Waals surface area contributed by atoms with Crippen molar-refractivity contribution in [3.63, 3.8) is 0 Å². The number of halogens is 1. The average molecular weight is 349 g/mol. The van der Waals surface area contributed by atoms with Crippen molar-refractivity contribution in [2.24, 2.45) is 0 Å². The molecule has 1 aromatic heterocycles. The number of benzene rings is 1. The molecule has 0 aliphatic heterocycles. The standard InChI is InChI=1S/C15H17BrN4O/c1-3-17-14-9-18-13(8-19-14)15(21)20(2)10-11-5-4-6-12(16)7-11/h4-9H,3,10H2,1-2H3,(H,17,19). The summed E-state index contributed by atoms with van der Waals surface area (Å²) < 4.78 is 0.996. The van der Waals surface area contributed by atoms with Gasteiger partial charge in [0.15, 0.2) is 0 Å². The Morgan fingerprint density at radius 2 is 2.14 bits per heavy atom. The lowest BCUT2D eigenvalue weighted by Gasteiger charge is -2.17. The summed E-state index contributed by atoms with van der Waals surface area (Å²) in [6.07, 6.45) is 3.07. The minimum Gasteiger partial charge on any atom is -0.369 e. The van der Waals surface area contributed by atoms with Gasteiger partial charge in [-0.3, -0.25) is 4.79 Å². The van der Waals surface area contributed by atoms with Crippen LogP contribution in [-0.2, 0) is 6.54 Å². The summed E-state index contributed by atoms with van der Waals surface area (Å²) in [7, 11) is 1.75. The van der Waals surface area contributed by atoms with Gasteiger partial charge in [0.05, 0.1) is 12.4 Å². The summed E-state index contributed by atoms with van der Waals surface area (Å²) >= 11 is 3.42. The van der Waals surface area contributed by atoms with Gasteiger partial charge in [-0.2, -0.15) is 0 Å². The van der Waals surface area contributed by atoms with E-state index >= 15 is 0 Å². The van der Waals surface area contributed by atoms with Crippen LogP contribution in [0.25, 0.3) is 0 Å². The van der Waals surface area contributed by atoms with Crippen LogP contribution in [0.5, 0.6) is 0 Å². The van der Waals surface area contributed by atoms with Crippen LogP contribution in [0, 0.1) is 0 Å². The van der Waals surface area contributed by atoms with E-state index in [0.717, 1.165) is 16.6 Å². The summed E-state index contributed by atoms with van der Waals surface area (Å²) in [5.41, 5.74) is 1.40. The molecule has 2 rings (SSSR count). The molecule has 21 heavy (non-hydrogen) atoms. The van der Waals surface area contributed by atoms with Gasteiger partial charge < -0.3 is 10.2 Å². The third-order valence-corrected chi connectivity index (χ3v) is 3.38. The van der Waals surface area contributed by atoms with E-state index < -0.39 is 0 Å². The van der Waals surface area contributed by atoms with Crippen molar-refractivity contribution < 1.29 is 4.79 Å². The van der Waals surface area contributed by atoms with E-state index in [-0.39, 0.29) is 5.91 Å². The largest absolute Gasteiger partial charge is 0.369 e. The molecule has 0 saturated heterocycles. The Bertz CT molecular complexity index is 615. The van der Waals surface area contributed by atoms with E-state index in [9.17, 15) is 4.79 Å². The van der Waals surface area contributed by atoms with Gasteiger partial charge in [0.1, 0.15) is 11.5 Å². The lowest BCUT2D eigenvalue weighted by atomic mass is 10.2. The highest BCUT2D eigenvalue weighted by molar-refractivity contribution is 9.10. The molecule has 0 unspecified atom stereocenters. The minimum absolute atomic E-state index is 0.148. The van der Waals surface area contributed by atoms with E-state index in [1.54, 1.807) is 18.1 Å². The zero-order valence-corrected chi connectivity index (χ0v) is 13.6. The Kier molecular flexibility index (Phi) is 5.27. The summed E-state index contributed by atoms with van der Waals surface area (Å²) in [5.74, 6) is 0.522. The number of hydrogen-bond acceptors (Lipinski definition) is 4. The lowest BCUT2D eigenvalue weighted by molar-refractivity contribution is 0.0779. The van der Waals surface area contributed by atoms with Gasteiger partial charge in [-0.1, -0.05) is 28.1 Å². The van der Waals surface area contributed by atoms with Gasteiger partial charge in [0.25, 0.3) is 5.91 Å². The van der Waals surface area contributed by atoms with Gasteiger partial charge in [0, 0.05) is 24.6 Å². The number of carbonyl (C=O) groups is 1. The van der Waals surface area contributed by atoms with E-state index in [4.69, 9.17) is 0 Å². The Labute approximate surface area is 132 Å². The number of anilines is 1. The summed E-state index contributed by atoms with van der Waals surface area (Å²) in [6, 6.07) is 7.87. The van der Waals surface area contributed by atoms with Crippen LogP contribution in [0.2, 0.25) is 0 Å². The number of aromatic nitrogens is 2. The first-order chi connectivity index (χ1) is 10.1. The first-order valence-electron chi connectivity index (χ1n) is 6.66. The smallest absolute Gasteiger partial charge is 0.274 e. The van der Waals surface area contributed by atoms with Crippen molar-refractivity contribution >= 4 is 27.7 Å². The van der Waals surface area contributed by atoms with Crippen molar-refractivity contribution in [3.05, 3.63) is 52.4 Å². The SMILES string of the molecule is CCNc1cnc(C(=O)N(C)Cc2cccc(Br)c2)cn1.